The summed E-state index contributed by atoms with van der Waals surface area (Å²) in [5.41, 5.74) is 11.9. The summed E-state index contributed by atoms with van der Waals surface area (Å²) in [7, 11) is 0. The van der Waals surface area contributed by atoms with Gasteiger partial charge in [-0.15, -0.1) is 0 Å². The normalized spacial score (nSPS) is 11.5. The van der Waals surface area contributed by atoms with Crippen molar-refractivity contribution in [2.24, 2.45) is 0 Å². The first-order valence-electron chi connectivity index (χ1n) is 17.8. The van der Waals surface area contributed by atoms with Gasteiger partial charge in [-0.2, -0.15) is 0 Å². The molecule has 0 aliphatic heterocycles. The molecule has 0 spiro atoms. The molecule has 0 saturated carbocycles. The van der Waals surface area contributed by atoms with E-state index in [1.807, 2.05) is 6.07 Å². The first kappa shape index (κ1) is 30.0. The summed E-state index contributed by atoms with van der Waals surface area (Å²) < 4.78 is 6.82. The van der Waals surface area contributed by atoms with Crippen molar-refractivity contribution >= 4 is 60.5 Å². The topological polar surface area (TPSA) is 16.4 Å². The maximum absolute atomic E-state index is 6.82. The summed E-state index contributed by atoms with van der Waals surface area (Å²) in [5, 5.41) is 7.21. The van der Waals surface area contributed by atoms with Crippen LogP contribution in [0.5, 0.6) is 0 Å². The van der Waals surface area contributed by atoms with E-state index in [1.165, 1.54) is 32.7 Å². The lowest BCUT2D eigenvalue weighted by atomic mass is 9.99. The maximum Gasteiger partial charge on any atom is 0.143 e. The van der Waals surface area contributed by atoms with Crippen LogP contribution in [0.1, 0.15) is 0 Å². The molecule has 0 aliphatic carbocycles. The molecule has 244 valence electrons. The fraction of sp³-hybridized carbons (Fsp3) is 0. The number of nitrogens with zero attached hydrogens (tertiary/aromatic N) is 1. The number of benzene rings is 9. The lowest BCUT2D eigenvalue weighted by molar-refractivity contribution is 0.671. The van der Waals surface area contributed by atoms with Gasteiger partial charge in [-0.25, -0.2) is 0 Å². The molecule has 2 nitrogen and oxygen atoms in total. The molecule has 0 bridgehead atoms. The van der Waals surface area contributed by atoms with E-state index in [-0.39, 0.29) is 0 Å². The molecule has 0 saturated heterocycles. The van der Waals surface area contributed by atoms with Gasteiger partial charge in [0.25, 0.3) is 0 Å². The monoisotopic (exact) mass is 663 g/mol. The molecule has 1 heterocycles. The number of rotatable bonds is 6. The number of fused-ring (bicyclic) bond motifs is 6. The van der Waals surface area contributed by atoms with Crippen LogP contribution >= 0.6 is 0 Å². The highest BCUT2D eigenvalue weighted by Crippen LogP contribution is 2.43. The standard InChI is InChI=1S/C50H33NO/c1-3-12-34(13-4-1)35-26-28-40(29-27-35)51(42-30-31-44-39(33-42)25-24-37-16-7-8-19-43(37)44)41-18-9-17-38(32-41)46-21-11-23-48-47-22-10-20-45(49(47)52-50(46)48)36-14-5-2-6-15-36/h1-33H. The largest absolute Gasteiger partial charge is 0.455 e. The highest BCUT2D eigenvalue weighted by molar-refractivity contribution is 6.13. The third-order valence-corrected chi connectivity index (χ3v) is 10.2. The zero-order valence-electron chi connectivity index (χ0n) is 28.4. The van der Waals surface area contributed by atoms with Gasteiger partial charge in [0, 0.05) is 39.0 Å². The summed E-state index contributed by atoms with van der Waals surface area (Å²) in [4.78, 5) is 2.36. The van der Waals surface area contributed by atoms with Gasteiger partial charge in [-0.1, -0.05) is 164 Å². The molecule has 0 N–H and O–H groups in total. The van der Waals surface area contributed by atoms with E-state index in [9.17, 15) is 0 Å². The van der Waals surface area contributed by atoms with E-state index in [0.29, 0.717) is 0 Å². The quantitative estimate of drug-likeness (QED) is 0.165. The van der Waals surface area contributed by atoms with Crippen molar-refractivity contribution < 1.29 is 4.42 Å². The van der Waals surface area contributed by atoms with E-state index in [1.54, 1.807) is 0 Å². The Morgan fingerprint density at radius 1 is 0.288 bits per heavy atom. The van der Waals surface area contributed by atoms with Gasteiger partial charge in [-0.05, 0) is 80.2 Å². The highest BCUT2D eigenvalue weighted by Gasteiger charge is 2.18. The molecular formula is C50H33NO. The minimum Gasteiger partial charge on any atom is -0.455 e. The molecule has 0 radical (unpaired) electrons. The van der Waals surface area contributed by atoms with Crippen LogP contribution in [0.4, 0.5) is 17.1 Å². The van der Waals surface area contributed by atoms with Crippen LogP contribution < -0.4 is 4.90 Å². The number of hydrogen-bond acceptors (Lipinski definition) is 2. The van der Waals surface area contributed by atoms with Crippen molar-refractivity contribution in [3.8, 4) is 33.4 Å². The summed E-state index contributed by atoms with van der Waals surface area (Å²) in [6.45, 7) is 0. The predicted octanol–water partition coefficient (Wildman–Crippen LogP) is 14.4. The van der Waals surface area contributed by atoms with Gasteiger partial charge in [0.05, 0.1) is 0 Å². The second-order valence-corrected chi connectivity index (χ2v) is 13.3. The molecule has 1 aromatic heterocycles. The minimum absolute atomic E-state index is 0.898. The van der Waals surface area contributed by atoms with Crippen LogP contribution in [-0.2, 0) is 0 Å². The Morgan fingerprint density at radius 3 is 1.56 bits per heavy atom. The van der Waals surface area contributed by atoms with Crippen molar-refractivity contribution in [3.05, 3.63) is 200 Å². The zero-order chi connectivity index (χ0) is 34.4. The van der Waals surface area contributed by atoms with Crippen molar-refractivity contribution in [3.63, 3.8) is 0 Å². The Labute approximate surface area is 302 Å². The van der Waals surface area contributed by atoms with Crippen LogP contribution in [0.15, 0.2) is 205 Å². The van der Waals surface area contributed by atoms with E-state index in [4.69, 9.17) is 4.42 Å². The summed E-state index contributed by atoms with van der Waals surface area (Å²) in [5.74, 6) is 0. The van der Waals surface area contributed by atoms with Gasteiger partial charge < -0.3 is 9.32 Å². The second-order valence-electron chi connectivity index (χ2n) is 13.3. The average Bonchev–Trinajstić information content (AvgIpc) is 3.61. The smallest absolute Gasteiger partial charge is 0.143 e. The van der Waals surface area contributed by atoms with E-state index in [2.05, 4.69) is 199 Å². The van der Waals surface area contributed by atoms with E-state index < -0.39 is 0 Å². The zero-order valence-corrected chi connectivity index (χ0v) is 28.4. The van der Waals surface area contributed by atoms with Gasteiger partial charge in [0.1, 0.15) is 11.2 Å². The Hall–Kier alpha value is -6.90. The van der Waals surface area contributed by atoms with Crippen LogP contribution in [-0.4, -0.2) is 0 Å². The van der Waals surface area contributed by atoms with Crippen molar-refractivity contribution in [2.75, 3.05) is 4.90 Å². The number of furan rings is 1. The minimum atomic E-state index is 0.898. The molecule has 0 aliphatic rings. The Morgan fingerprint density at radius 2 is 0.808 bits per heavy atom. The Bertz CT molecular complexity index is 2890. The molecular weight excluding hydrogens is 631 g/mol. The first-order valence-corrected chi connectivity index (χ1v) is 17.8. The Balaban J connectivity index is 1.13. The third-order valence-electron chi connectivity index (χ3n) is 10.2. The van der Waals surface area contributed by atoms with Crippen LogP contribution in [0.2, 0.25) is 0 Å². The van der Waals surface area contributed by atoms with Gasteiger partial charge >= 0.3 is 0 Å². The Kier molecular flexibility index (Phi) is 7.18. The van der Waals surface area contributed by atoms with Crippen LogP contribution in [0.3, 0.4) is 0 Å². The summed E-state index contributed by atoms with van der Waals surface area (Å²) in [6, 6.07) is 71.6. The highest BCUT2D eigenvalue weighted by atomic mass is 16.3. The molecule has 0 fully saturated rings. The molecule has 0 amide bonds. The molecule has 0 unspecified atom stereocenters. The SMILES string of the molecule is c1ccc(-c2ccc(N(c3cccc(-c4cccc5c4oc4c(-c6ccccc6)cccc45)c3)c3ccc4c(ccc5ccccc54)c3)cc2)cc1. The summed E-state index contributed by atoms with van der Waals surface area (Å²) >= 11 is 0. The maximum atomic E-state index is 6.82. The number of anilines is 3. The summed E-state index contributed by atoms with van der Waals surface area (Å²) in [6.07, 6.45) is 0. The van der Waals surface area contributed by atoms with E-state index >= 15 is 0 Å². The fourth-order valence-electron chi connectivity index (χ4n) is 7.73. The number of hydrogen-bond donors (Lipinski definition) is 0. The fourth-order valence-corrected chi connectivity index (χ4v) is 7.73. The molecule has 52 heavy (non-hydrogen) atoms. The molecule has 10 aromatic rings. The molecule has 9 aromatic carbocycles. The van der Waals surface area contributed by atoms with Crippen LogP contribution in [0, 0.1) is 0 Å². The van der Waals surface area contributed by atoms with Crippen LogP contribution in [0.25, 0.3) is 76.9 Å². The predicted molar refractivity (Wildman–Crippen MR) is 220 cm³/mol. The first-order chi connectivity index (χ1) is 25.8. The molecule has 10 rings (SSSR count). The van der Waals surface area contributed by atoms with Crippen molar-refractivity contribution in [1.82, 2.24) is 0 Å². The lowest BCUT2D eigenvalue weighted by Crippen LogP contribution is -2.10. The average molecular weight is 664 g/mol. The van der Waals surface area contributed by atoms with Gasteiger partial charge in [0.2, 0.25) is 0 Å². The number of para-hydroxylation sites is 2. The molecule has 0 atom stereocenters. The third kappa shape index (κ3) is 5.12. The van der Waals surface area contributed by atoms with Crippen molar-refractivity contribution in [2.45, 2.75) is 0 Å². The second kappa shape index (κ2) is 12.5. The van der Waals surface area contributed by atoms with Gasteiger partial charge in [0.15, 0.2) is 0 Å². The lowest BCUT2D eigenvalue weighted by Gasteiger charge is -2.27. The van der Waals surface area contributed by atoms with Crippen molar-refractivity contribution in [1.29, 1.82) is 0 Å². The van der Waals surface area contributed by atoms with E-state index in [0.717, 1.165) is 61.3 Å². The van der Waals surface area contributed by atoms with Gasteiger partial charge in [-0.3, -0.25) is 0 Å². The molecule has 2 heteroatoms.